The van der Waals surface area contributed by atoms with Crippen LogP contribution in [0.15, 0.2) is 18.2 Å². The Morgan fingerprint density at radius 1 is 1.24 bits per heavy atom. The monoisotopic (exact) mass is 289 g/mol. The van der Waals surface area contributed by atoms with E-state index >= 15 is 0 Å². The average Bonchev–Trinajstić information content (AvgIpc) is 2.67. The fourth-order valence-corrected chi connectivity index (χ4v) is 2.59. The first kappa shape index (κ1) is 15.5. The van der Waals surface area contributed by atoms with Gasteiger partial charge in [0.1, 0.15) is 23.2 Å². The topological polar surface area (TPSA) is 43.8 Å². The first-order valence-corrected chi connectivity index (χ1v) is 7.27. The van der Waals surface area contributed by atoms with E-state index in [9.17, 15) is 4.39 Å². The molecular formula is C17H24FN3. The molecule has 1 aromatic carbocycles. The fraction of sp³-hybridized carbons (Fsp3) is 0.471. The molecule has 114 valence electrons. The Balaban J connectivity index is 2.71. The van der Waals surface area contributed by atoms with Crippen molar-refractivity contribution < 1.29 is 4.39 Å². The van der Waals surface area contributed by atoms with E-state index in [0.717, 1.165) is 22.6 Å². The first-order chi connectivity index (χ1) is 9.62. The summed E-state index contributed by atoms with van der Waals surface area (Å²) in [6, 6.07) is 4.94. The zero-order valence-corrected chi connectivity index (χ0v) is 13.7. The Kier molecular flexibility index (Phi) is 3.83. The molecule has 0 saturated carbocycles. The molecule has 0 atom stereocenters. The van der Waals surface area contributed by atoms with E-state index in [4.69, 9.17) is 10.7 Å². The lowest BCUT2D eigenvalue weighted by molar-refractivity contribution is 0.473. The van der Waals surface area contributed by atoms with Crippen LogP contribution in [0.1, 0.15) is 52.0 Å². The van der Waals surface area contributed by atoms with E-state index in [1.54, 1.807) is 6.07 Å². The number of nitrogens with zero attached hydrogens (tertiary/aromatic N) is 2. The standard InChI is InChI=1S/C17H24FN3/c1-10(2)21-15(19)14(20-16(21)17(4,5)6)13-8-7-12(18)9-11(13)3/h7-10H,19H2,1-6H3. The summed E-state index contributed by atoms with van der Waals surface area (Å²) in [6.07, 6.45) is 0. The van der Waals surface area contributed by atoms with E-state index in [-0.39, 0.29) is 17.3 Å². The van der Waals surface area contributed by atoms with E-state index < -0.39 is 0 Å². The molecule has 0 saturated heterocycles. The molecule has 0 spiro atoms. The molecule has 4 heteroatoms. The molecule has 0 fully saturated rings. The van der Waals surface area contributed by atoms with Gasteiger partial charge >= 0.3 is 0 Å². The summed E-state index contributed by atoms with van der Waals surface area (Å²) in [7, 11) is 0. The maximum atomic E-state index is 13.3. The summed E-state index contributed by atoms with van der Waals surface area (Å²) in [4.78, 5) is 4.78. The number of imidazole rings is 1. The van der Waals surface area contributed by atoms with Gasteiger partial charge in [0, 0.05) is 17.0 Å². The lowest BCUT2D eigenvalue weighted by Gasteiger charge is -2.22. The maximum Gasteiger partial charge on any atom is 0.132 e. The third-order valence-electron chi connectivity index (χ3n) is 3.58. The lowest BCUT2D eigenvalue weighted by atomic mass is 9.95. The van der Waals surface area contributed by atoms with Crippen LogP contribution in [-0.2, 0) is 5.41 Å². The fourth-order valence-electron chi connectivity index (χ4n) is 2.59. The number of anilines is 1. The molecular weight excluding hydrogens is 265 g/mol. The number of hydrogen-bond donors (Lipinski definition) is 1. The molecule has 21 heavy (non-hydrogen) atoms. The quantitative estimate of drug-likeness (QED) is 0.887. The van der Waals surface area contributed by atoms with Crippen molar-refractivity contribution in [2.45, 2.75) is 53.0 Å². The van der Waals surface area contributed by atoms with Crippen molar-refractivity contribution in [3.05, 3.63) is 35.4 Å². The van der Waals surface area contributed by atoms with Crippen molar-refractivity contribution in [1.82, 2.24) is 9.55 Å². The average molecular weight is 289 g/mol. The van der Waals surface area contributed by atoms with Crippen LogP contribution in [0.5, 0.6) is 0 Å². The summed E-state index contributed by atoms with van der Waals surface area (Å²) >= 11 is 0. The molecule has 0 bridgehead atoms. The molecule has 0 aliphatic carbocycles. The Morgan fingerprint density at radius 2 is 1.86 bits per heavy atom. The zero-order chi connectivity index (χ0) is 15.9. The lowest BCUT2D eigenvalue weighted by Crippen LogP contribution is -2.21. The van der Waals surface area contributed by atoms with Gasteiger partial charge in [-0.05, 0) is 44.5 Å². The highest BCUT2D eigenvalue weighted by Gasteiger charge is 2.27. The molecule has 1 heterocycles. The van der Waals surface area contributed by atoms with Gasteiger partial charge in [-0.15, -0.1) is 0 Å². The number of aryl methyl sites for hydroxylation is 1. The van der Waals surface area contributed by atoms with Crippen LogP contribution in [0.25, 0.3) is 11.3 Å². The highest BCUT2D eigenvalue weighted by atomic mass is 19.1. The van der Waals surface area contributed by atoms with E-state index in [1.165, 1.54) is 12.1 Å². The van der Waals surface area contributed by atoms with Crippen molar-refractivity contribution in [2.24, 2.45) is 0 Å². The largest absolute Gasteiger partial charge is 0.383 e. The maximum absolute atomic E-state index is 13.3. The third kappa shape index (κ3) is 2.80. The van der Waals surface area contributed by atoms with Crippen molar-refractivity contribution >= 4 is 5.82 Å². The number of hydrogen-bond acceptors (Lipinski definition) is 2. The molecule has 1 aromatic heterocycles. The van der Waals surface area contributed by atoms with Gasteiger partial charge < -0.3 is 10.3 Å². The number of aromatic nitrogens is 2. The first-order valence-electron chi connectivity index (χ1n) is 7.27. The minimum absolute atomic E-state index is 0.107. The van der Waals surface area contributed by atoms with Gasteiger partial charge in [-0.3, -0.25) is 0 Å². The smallest absolute Gasteiger partial charge is 0.132 e. The van der Waals surface area contributed by atoms with E-state index in [0.29, 0.717) is 5.82 Å². The minimum Gasteiger partial charge on any atom is -0.383 e. The van der Waals surface area contributed by atoms with Gasteiger partial charge in [0.25, 0.3) is 0 Å². The predicted octanol–water partition coefficient (Wildman–Crippen LogP) is 4.46. The van der Waals surface area contributed by atoms with E-state index in [2.05, 4.69) is 39.2 Å². The third-order valence-corrected chi connectivity index (χ3v) is 3.58. The minimum atomic E-state index is -0.242. The molecule has 0 unspecified atom stereocenters. The number of rotatable bonds is 2. The van der Waals surface area contributed by atoms with Crippen LogP contribution in [0.2, 0.25) is 0 Å². The van der Waals surface area contributed by atoms with Gasteiger partial charge in [0.2, 0.25) is 0 Å². The van der Waals surface area contributed by atoms with Crippen molar-refractivity contribution in [3.63, 3.8) is 0 Å². The SMILES string of the molecule is Cc1cc(F)ccc1-c1nc(C(C)(C)C)n(C(C)C)c1N. The molecule has 0 amide bonds. The number of benzene rings is 1. The molecule has 0 radical (unpaired) electrons. The Bertz CT molecular complexity index is 663. The summed E-state index contributed by atoms with van der Waals surface area (Å²) in [5.41, 5.74) is 8.71. The van der Waals surface area contributed by atoms with Crippen LogP contribution >= 0.6 is 0 Å². The van der Waals surface area contributed by atoms with Crippen molar-refractivity contribution in [3.8, 4) is 11.3 Å². The van der Waals surface area contributed by atoms with E-state index in [1.807, 2.05) is 6.92 Å². The summed E-state index contributed by atoms with van der Waals surface area (Å²) in [5.74, 6) is 1.35. The van der Waals surface area contributed by atoms with Crippen LogP contribution in [0, 0.1) is 12.7 Å². The van der Waals surface area contributed by atoms with Crippen LogP contribution in [0.3, 0.4) is 0 Å². The molecule has 0 aliphatic rings. The summed E-state index contributed by atoms with van der Waals surface area (Å²) in [6.45, 7) is 12.4. The molecule has 3 nitrogen and oxygen atoms in total. The molecule has 2 rings (SSSR count). The molecule has 2 N–H and O–H groups in total. The molecule has 0 aliphatic heterocycles. The van der Waals surface area contributed by atoms with Crippen molar-refractivity contribution in [1.29, 1.82) is 0 Å². The van der Waals surface area contributed by atoms with Crippen LogP contribution < -0.4 is 5.73 Å². The number of nitrogen functional groups attached to an aromatic ring is 1. The van der Waals surface area contributed by atoms with Crippen molar-refractivity contribution in [2.75, 3.05) is 5.73 Å². The van der Waals surface area contributed by atoms with Gasteiger partial charge in [-0.25, -0.2) is 9.37 Å². The summed E-state index contributed by atoms with van der Waals surface area (Å²) < 4.78 is 15.4. The Morgan fingerprint density at radius 3 is 2.29 bits per heavy atom. The highest BCUT2D eigenvalue weighted by Crippen LogP contribution is 2.35. The second kappa shape index (κ2) is 5.17. The zero-order valence-electron chi connectivity index (χ0n) is 13.7. The number of halogens is 1. The normalized spacial score (nSPS) is 12.2. The van der Waals surface area contributed by atoms with Gasteiger partial charge in [0.15, 0.2) is 0 Å². The summed E-state index contributed by atoms with van der Waals surface area (Å²) in [5, 5.41) is 0. The highest BCUT2D eigenvalue weighted by molar-refractivity contribution is 5.74. The second-order valence-corrected chi connectivity index (χ2v) is 6.84. The predicted molar refractivity (Wildman–Crippen MR) is 85.9 cm³/mol. The second-order valence-electron chi connectivity index (χ2n) is 6.84. The van der Waals surface area contributed by atoms with Gasteiger partial charge in [0.05, 0.1) is 0 Å². The Labute approximate surface area is 126 Å². The Hall–Kier alpha value is -1.84. The van der Waals surface area contributed by atoms with Gasteiger partial charge in [-0.2, -0.15) is 0 Å². The van der Waals surface area contributed by atoms with Crippen LogP contribution in [0.4, 0.5) is 10.2 Å². The van der Waals surface area contributed by atoms with Crippen LogP contribution in [-0.4, -0.2) is 9.55 Å². The van der Waals surface area contributed by atoms with Gasteiger partial charge in [-0.1, -0.05) is 20.8 Å². The molecule has 2 aromatic rings. The number of nitrogens with two attached hydrogens (primary N) is 1.